The van der Waals surface area contributed by atoms with Gasteiger partial charge in [0.1, 0.15) is 0 Å². The van der Waals surface area contributed by atoms with Gasteiger partial charge in [-0.15, -0.1) is 0 Å². The molecule has 0 unspecified atom stereocenters. The van der Waals surface area contributed by atoms with Gasteiger partial charge in [0.15, 0.2) is 0 Å². The molecule has 0 saturated carbocycles. The Morgan fingerprint density at radius 1 is 1.16 bits per heavy atom. The molecular formula is C16H27N3. The van der Waals surface area contributed by atoms with Crippen LogP contribution in [0.15, 0.2) is 24.3 Å². The van der Waals surface area contributed by atoms with Crippen LogP contribution in [0.25, 0.3) is 0 Å². The first-order valence-electron chi connectivity index (χ1n) is 7.21. The van der Waals surface area contributed by atoms with Gasteiger partial charge in [0, 0.05) is 31.7 Å². The number of benzene rings is 1. The van der Waals surface area contributed by atoms with Crippen molar-refractivity contribution in [2.75, 3.05) is 33.7 Å². The molecule has 3 heteroatoms. The standard InChI is InChI=1S/C16H27N3/c1-14-4-6-15(7-5-14)12-19-10-8-16(13-17,9-11-19)18(2)3/h4-7H,8-13,17H2,1-3H3. The van der Waals surface area contributed by atoms with Gasteiger partial charge in [0.05, 0.1) is 0 Å². The van der Waals surface area contributed by atoms with Crippen molar-refractivity contribution in [2.24, 2.45) is 5.73 Å². The summed E-state index contributed by atoms with van der Waals surface area (Å²) in [7, 11) is 4.31. The van der Waals surface area contributed by atoms with Crippen LogP contribution in [0.1, 0.15) is 24.0 Å². The fourth-order valence-corrected chi connectivity index (χ4v) is 2.91. The molecule has 1 heterocycles. The van der Waals surface area contributed by atoms with E-state index in [0.29, 0.717) is 0 Å². The molecule has 0 atom stereocenters. The molecule has 0 bridgehead atoms. The number of aryl methyl sites for hydroxylation is 1. The van der Waals surface area contributed by atoms with Crippen LogP contribution in [-0.2, 0) is 6.54 Å². The number of hydrogen-bond acceptors (Lipinski definition) is 3. The van der Waals surface area contributed by atoms with Gasteiger partial charge >= 0.3 is 0 Å². The average Bonchev–Trinajstić information content (AvgIpc) is 2.42. The second-order valence-corrected chi connectivity index (χ2v) is 6.08. The molecule has 1 saturated heterocycles. The molecular weight excluding hydrogens is 234 g/mol. The van der Waals surface area contributed by atoms with E-state index >= 15 is 0 Å². The summed E-state index contributed by atoms with van der Waals surface area (Å²) in [5.74, 6) is 0. The van der Waals surface area contributed by atoms with Crippen LogP contribution in [-0.4, -0.2) is 49.1 Å². The molecule has 106 valence electrons. The zero-order valence-corrected chi connectivity index (χ0v) is 12.5. The first-order valence-corrected chi connectivity index (χ1v) is 7.21. The van der Waals surface area contributed by atoms with Gasteiger partial charge in [-0.2, -0.15) is 0 Å². The van der Waals surface area contributed by atoms with E-state index in [1.165, 1.54) is 24.0 Å². The van der Waals surface area contributed by atoms with Crippen molar-refractivity contribution in [1.29, 1.82) is 0 Å². The molecule has 0 amide bonds. The molecule has 1 fully saturated rings. The van der Waals surface area contributed by atoms with E-state index < -0.39 is 0 Å². The molecule has 1 aromatic rings. The first-order chi connectivity index (χ1) is 9.05. The average molecular weight is 261 g/mol. The van der Waals surface area contributed by atoms with Crippen LogP contribution in [0.4, 0.5) is 0 Å². The number of likely N-dealkylation sites (tertiary alicyclic amines) is 1. The number of hydrogen-bond donors (Lipinski definition) is 1. The van der Waals surface area contributed by atoms with Gasteiger partial charge in [-0.1, -0.05) is 29.8 Å². The van der Waals surface area contributed by atoms with E-state index in [1.807, 2.05) is 0 Å². The van der Waals surface area contributed by atoms with Crippen LogP contribution >= 0.6 is 0 Å². The Morgan fingerprint density at radius 2 is 1.74 bits per heavy atom. The van der Waals surface area contributed by atoms with Crippen molar-refractivity contribution in [3.05, 3.63) is 35.4 Å². The number of piperidine rings is 1. The van der Waals surface area contributed by atoms with Crippen LogP contribution in [0.5, 0.6) is 0 Å². The highest BCUT2D eigenvalue weighted by Gasteiger charge is 2.35. The minimum atomic E-state index is 0.212. The van der Waals surface area contributed by atoms with E-state index in [9.17, 15) is 0 Å². The lowest BCUT2D eigenvalue weighted by atomic mass is 9.86. The Bertz CT molecular complexity index is 389. The van der Waals surface area contributed by atoms with Crippen molar-refractivity contribution < 1.29 is 0 Å². The van der Waals surface area contributed by atoms with Crippen molar-refractivity contribution in [3.8, 4) is 0 Å². The number of likely N-dealkylation sites (N-methyl/N-ethyl adjacent to an activating group) is 1. The molecule has 0 radical (unpaired) electrons. The summed E-state index contributed by atoms with van der Waals surface area (Å²) in [4.78, 5) is 4.86. The third kappa shape index (κ3) is 3.35. The predicted octanol–water partition coefficient (Wildman–Crippen LogP) is 1.85. The topological polar surface area (TPSA) is 32.5 Å². The Hall–Kier alpha value is -0.900. The Labute approximate surface area is 117 Å². The Kier molecular flexibility index (Phi) is 4.61. The molecule has 2 rings (SSSR count). The first kappa shape index (κ1) is 14.5. The monoisotopic (exact) mass is 261 g/mol. The van der Waals surface area contributed by atoms with Gasteiger partial charge in [0.2, 0.25) is 0 Å². The van der Waals surface area contributed by atoms with Crippen molar-refractivity contribution in [3.63, 3.8) is 0 Å². The fraction of sp³-hybridized carbons (Fsp3) is 0.625. The minimum absolute atomic E-state index is 0.212. The van der Waals surface area contributed by atoms with Gasteiger partial charge < -0.3 is 10.6 Å². The summed E-state index contributed by atoms with van der Waals surface area (Å²) in [6.45, 7) is 6.25. The second-order valence-electron chi connectivity index (χ2n) is 6.08. The third-order valence-electron chi connectivity index (χ3n) is 4.64. The van der Waals surface area contributed by atoms with E-state index in [4.69, 9.17) is 5.73 Å². The predicted molar refractivity (Wildman–Crippen MR) is 81.2 cm³/mol. The molecule has 1 aromatic carbocycles. The summed E-state index contributed by atoms with van der Waals surface area (Å²) in [6, 6.07) is 8.88. The number of nitrogens with two attached hydrogens (primary N) is 1. The largest absolute Gasteiger partial charge is 0.329 e. The van der Waals surface area contributed by atoms with E-state index in [1.54, 1.807) is 0 Å². The lowest BCUT2D eigenvalue weighted by Crippen LogP contribution is -2.56. The Morgan fingerprint density at radius 3 is 2.21 bits per heavy atom. The zero-order chi connectivity index (χ0) is 13.9. The lowest BCUT2D eigenvalue weighted by Gasteiger charge is -2.45. The fourth-order valence-electron chi connectivity index (χ4n) is 2.91. The van der Waals surface area contributed by atoms with Crippen LogP contribution < -0.4 is 5.73 Å². The number of nitrogens with zero attached hydrogens (tertiary/aromatic N) is 2. The smallest absolute Gasteiger partial charge is 0.0349 e. The SMILES string of the molecule is Cc1ccc(CN2CCC(CN)(N(C)C)CC2)cc1. The van der Waals surface area contributed by atoms with Gasteiger partial charge in [-0.25, -0.2) is 0 Å². The highest BCUT2D eigenvalue weighted by molar-refractivity contribution is 5.21. The summed E-state index contributed by atoms with van der Waals surface area (Å²) >= 11 is 0. The molecule has 0 aliphatic carbocycles. The van der Waals surface area contributed by atoms with Crippen molar-refractivity contribution >= 4 is 0 Å². The highest BCUT2D eigenvalue weighted by atomic mass is 15.2. The maximum absolute atomic E-state index is 5.99. The van der Waals surface area contributed by atoms with Crippen LogP contribution in [0.2, 0.25) is 0 Å². The molecule has 1 aliphatic heterocycles. The van der Waals surface area contributed by atoms with E-state index in [-0.39, 0.29) is 5.54 Å². The van der Waals surface area contributed by atoms with Crippen LogP contribution in [0, 0.1) is 6.92 Å². The number of rotatable bonds is 4. The minimum Gasteiger partial charge on any atom is -0.329 e. The summed E-state index contributed by atoms with van der Waals surface area (Å²) < 4.78 is 0. The third-order valence-corrected chi connectivity index (χ3v) is 4.64. The van der Waals surface area contributed by atoms with Crippen molar-refractivity contribution in [1.82, 2.24) is 9.80 Å². The van der Waals surface area contributed by atoms with Gasteiger partial charge in [-0.05, 0) is 39.4 Å². The second kappa shape index (κ2) is 6.04. The highest BCUT2D eigenvalue weighted by Crippen LogP contribution is 2.26. The van der Waals surface area contributed by atoms with E-state index in [0.717, 1.165) is 26.2 Å². The maximum atomic E-state index is 5.99. The normalized spacial score (nSPS) is 19.8. The molecule has 2 N–H and O–H groups in total. The lowest BCUT2D eigenvalue weighted by molar-refractivity contribution is 0.0597. The molecule has 1 aliphatic rings. The van der Waals surface area contributed by atoms with Crippen molar-refractivity contribution in [2.45, 2.75) is 31.8 Å². The summed E-state index contributed by atoms with van der Waals surface area (Å²) in [5, 5.41) is 0. The van der Waals surface area contributed by atoms with E-state index in [2.05, 4.69) is 55.1 Å². The Balaban J connectivity index is 1.91. The molecule has 3 nitrogen and oxygen atoms in total. The zero-order valence-electron chi connectivity index (χ0n) is 12.5. The van der Waals surface area contributed by atoms with Gasteiger partial charge in [0.25, 0.3) is 0 Å². The molecule has 0 aromatic heterocycles. The maximum Gasteiger partial charge on any atom is 0.0349 e. The molecule has 0 spiro atoms. The van der Waals surface area contributed by atoms with Gasteiger partial charge in [-0.3, -0.25) is 4.90 Å². The summed E-state index contributed by atoms with van der Waals surface area (Å²) in [5.41, 5.74) is 8.95. The van der Waals surface area contributed by atoms with Crippen LogP contribution in [0.3, 0.4) is 0 Å². The summed E-state index contributed by atoms with van der Waals surface area (Å²) in [6.07, 6.45) is 2.34. The quantitative estimate of drug-likeness (QED) is 0.898. The molecule has 19 heavy (non-hydrogen) atoms.